The second kappa shape index (κ2) is 8.07. The zero-order valence-corrected chi connectivity index (χ0v) is 19.1. The zero-order chi connectivity index (χ0) is 25.9. The van der Waals surface area contributed by atoms with Crippen molar-refractivity contribution in [2.24, 2.45) is 11.8 Å². The van der Waals surface area contributed by atoms with Crippen molar-refractivity contribution in [1.82, 2.24) is 0 Å². The van der Waals surface area contributed by atoms with Gasteiger partial charge in [0.25, 0.3) is 0 Å². The van der Waals surface area contributed by atoms with Gasteiger partial charge < -0.3 is 9.47 Å². The first-order chi connectivity index (χ1) is 17.0. The Morgan fingerprint density at radius 2 is 1.81 bits per heavy atom. The molecule has 3 aliphatic heterocycles. The standard InChI is InChI=1S/C26H20F3N3O4/c1-24-8-9-25(36-24,10-11-35-17-6-2-4-15(12-17)13-30)21-20(24)22(33)32(23(21)34)18-7-3-5-16(14-31)19(18)26(27,28)29/h2-7,12,20-21H,8-11H2,1H3. The van der Waals surface area contributed by atoms with E-state index in [9.17, 15) is 28.0 Å². The fourth-order valence-corrected chi connectivity index (χ4v) is 5.96. The van der Waals surface area contributed by atoms with Crippen LogP contribution in [0.15, 0.2) is 42.5 Å². The van der Waals surface area contributed by atoms with E-state index in [0.717, 1.165) is 12.1 Å². The second-order valence-corrected chi connectivity index (χ2v) is 9.49. The van der Waals surface area contributed by atoms with Crippen LogP contribution in [-0.2, 0) is 20.5 Å². The Morgan fingerprint density at radius 1 is 1.08 bits per heavy atom. The van der Waals surface area contributed by atoms with Crippen LogP contribution in [0.3, 0.4) is 0 Å². The molecule has 10 heteroatoms. The first kappa shape index (κ1) is 23.8. The van der Waals surface area contributed by atoms with Gasteiger partial charge in [-0.05, 0) is 50.1 Å². The molecule has 0 spiro atoms. The lowest BCUT2D eigenvalue weighted by Gasteiger charge is -2.31. The third-order valence-electron chi connectivity index (χ3n) is 7.46. The molecular formula is C26H20F3N3O4. The van der Waals surface area contributed by atoms with Crippen molar-refractivity contribution in [2.75, 3.05) is 11.5 Å². The van der Waals surface area contributed by atoms with Gasteiger partial charge in [-0.15, -0.1) is 0 Å². The number of nitriles is 2. The van der Waals surface area contributed by atoms with Crippen LogP contribution in [0.5, 0.6) is 5.75 Å². The molecule has 36 heavy (non-hydrogen) atoms. The molecule has 5 rings (SSSR count). The Morgan fingerprint density at radius 3 is 2.50 bits per heavy atom. The van der Waals surface area contributed by atoms with Crippen molar-refractivity contribution in [3.05, 3.63) is 59.2 Å². The van der Waals surface area contributed by atoms with Crippen LogP contribution in [0.1, 0.15) is 42.9 Å². The quantitative estimate of drug-likeness (QED) is 0.572. The second-order valence-electron chi connectivity index (χ2n) is 9.49. The SMILES string of the molecule is CC12CCC(CCOc3cccc(C#N)c3)(O1)C1C(=O)N(c3cccc(C#N)c3C(F)(F)F)C(=O)C12. The molecule has 0 radical (unpaired) electrons. The fraction of sp³-hybridized carbons (Fsp3) is 0.385. The van der Waals surface area contributed by atoms with Crippen molar-refractivity contribution < 1.29 is 32.2 Å². The largest absolute Gasteiger partial charge is 0.493 e. The van der Waals surface area contributed by atoms with Crippen LogP contribution in [0, 0.1) is 34.5 Å². The summed E-state index contributed by atoms with van der Waals surface area (Å²) < 4.78 is 53.9. The fourth-order valence-electron chi connectivity index (χ4n) is 5.96. The van der Waals surface area contributed by atoms with Gasteiger partial charge in [-0.25, -0.2) is 4.90 Å². The monoisotopic (exact) mass is 495 g/mol. The van der Waals surface area contributed by atoms with Gasteiger partial charge in [-0.3, -0.25) is 9.59 Å². The summed E-state index contributed by atoms with van der Waals surface area (Å²) in [5.41, 5.74) is -4.25. The number of ether oxygens (including phenoxy) is 2. The maximum Gasteiger partial charge on any atom is 0.419 e. The van der Waals surface area contributed by atoms with Crippen molar-refractivity contribution in [1.29, 1.82) is 10.5 Å². The van der Waals surface area contributed by atoms with Crippen LogP contribution >= 0.6 is 0 Å². The van der Waals surface area contributed by atoms with Gasteiger partial charge in [0.05, 0.1) is 64.2 Å². The molecular weight excluding hydrogens is 475 g/mol. The number of hydrogen-bond acceptors (Lipinski definition) is 6. The highest BCUT2D eigenvalue weighted by Crippen LogP contribution is 2.62. The maximum absolute atomic E-state index is 13.9. The molecule has 4 unspecified atom stereocenters. The van der Waals surface area contributed by atoms with E-state index in [1.54, 1.807) is 31.2 Å². The number of imide groups is 1. The lowest BCUT2D eigenvalue weighted by Crippen LogP contribution is -2.43. The van der Waals surface area contributed by atoms with Gasteiger partial charge in [0.1, 0.15) is 5.75 Å². The van der Waals surface area contributed by atoms with Crippen LogP contribution < -0.4 is 9.64 Å². The lowest BCUT2D eigenvalue weighted by molar-refractivity contribution is -0.137. The minimum atomic E-state index is -4.94. The molecule has 0 N–H and O–H groups in total. The van der Waals surface area contributed by atoms with Crippen LogP contribution in [-0.4, -0.2) is 29.6 Å². The van der Waals surface area contributed by atoms with Crippen molar-refractivity contribution in [3.8, 4) is 17.9 Å². The van der Waals surface area contributed by atoms with E-state index in [1.807, 2.05) is 6.07 Å². The van der Waals surface area contributed by atoms with Gasteiger partial charge in [-0.2, -0.15) is 23.7 Å². The van der Waals surface area contributed by atoms with E-state index in [0.29, 0.717) is 29.1 Å². The molecule has 7 nitrogen and oxygen atoms in total. The number of carbonyl (C=O) groups is 2. The molecule has 184 valence electrons. The van der Waals surface area contributed by atoms with E-state index in [4.69, 9.17) is 14.7 Å². The number of amides is 2. The van der Waals surface area contributed by atoms with Crippen molar-refractivity contribution in [2.45, 2.75) is 43.6 Å². The summed E-state index contributed by atoms with van der Waals surface area (Å²) >= 11 is 0. The van der Waals surface area contributed by atoms with Gasteiger partial charge in [0.2, 0.25) is 11.8 Å². The number of anilines is 1. The van der Waals surface area contributed by atoms with E-state index >= 15 is 0 Å². The third kappa shape index (κ3) is 3.44. The minimum Gasteiger partial charge on any atom is -0.493 e. The summed E-state index contributed by atoms with van der Waals surface area (Å²) in [6.07, 6.45) is -3.79. The number of nitrogens with zero attached hydrogens (tertiary/aromatic N) is 3. The Kier molecular flexibility index (Phi) is 5.34. The highest BCUT2D eigenvalue weighted by atomic mass is 19.4. The molecule has 4 atom stereocenters. The van der Waals surface area contributed by atoms with Crippen molar-refractivity contribution >= 4 is 17.5 Å². The number of alkyl halides is 3. The van der Waals surface area contributed by atoms with Crippen molar-refractivity contribution in [3.63, 3.8) is 0 Å². The Hall–Kier alpha value is -3.89. The summed E-state index contributed by atoms with van der Waals surface area (Å²) in [5, 5.41) is 18.3. The highest BCUT2D eigenvalue weighted by Gasteiger charge is 2.74. The minimum absolute atomic E-state index is 0.118. The van der Waals surface area contributed by atoms with Crippen LogP contribution in [0.25, 0.3) is 0 Å². The first-order valence-electron chi connectivity index (χ1n) is 11.4. The predicted molar refractivity (Wildman–Crippen MR) is 118 cm³/mol. The van der Waals surface area contributed by atoms with Gasteiger partial charge in [0.15, 0.2) is 0 Å². The van der Waals surface area contributed by atoms with Crippen LogP contribution in [0.4, 0.5) is 18.9 Å². The van der Waals surface area contributed by atoms with E-state index in [2.05, 4.69) is 0 Å². The third-order valence-corrected chi connectivity index (χ3v) is 7.46. The summed E-state index contributed by atoms with van der Waals surface area (Å²) in [6.45, 7) is 1.83. The summed E-state index contributed by atoms with van der Waals surface area (Å²) in [4.78, 5) is 27.7. The maximum atomic E-state index is 13.9. The Balaban J connectivity index is 1.47. The first-order valence-corrected chi connectivity index (χ1v) is 11.4. The predicted octanol–water partition coefficient (Wildman–Crippen LogP) is 4.34. The number of rotatable bonds is 5. The molecule has 0 aromatic heterocycles. The normalized spacial score (nSPS) is 28.7. The summed E-state index contributed by atoms with van der Waals surface area (Å²) in [5.74, 6) is -2.96. The molecule has 0 aliphatic carbocycles. The van der Waals surface area contributed by atoms with Gasteiger partial charge in [0, 0.05) is 6.42 Å². The summed E-state index contributed by atoms with van der Waals surface area (Å²) in [6, 6.07) is 13.4. The Labute approximate surface area is 204 Å². The molecule has 2 aromatic carbocycles. The average Bonchev–Trinajstić information content (AvgIpc) is 3.42. The molecule has 3 saturated heterocycles. The molecule has 3 heterocycles. The molecule has 0 saturated carbocycles. The highest BCUT2D eigenvalue weighted by molar-refractivity contribution is 6.23. The molecule has 2 aromatic rings. The molecule has 2 amide bonds. The number of benzene rings is 2. The van der Waals surface area contributed by atoms with E-state index in [1.165, 1.54) is 12.1 Å². The number of fused-ring (bicyclic) bond motifs is 5. The summed E-state index contributed by atoms with van der Waals surface area (Å²) in [7, 11) is 0. The topological polar surface area (TPSA) is 103 Å². The van der Waals surface area contributed by atoms with Gasteiger partial charge in [-0.1, -0.05) is 12.1 Å². The molecule has 2 bridgehead atoms. The van der Waals surface area contributed by atoms with Crippen LogP contribution in [0.2, 0.25) is 0 Å². The number of halogens is 3. The Bertz CT molecular complexity index is 1360. The number of carbonyl (C=O) groups excluding carboxylic acids is 2. The smallest absolute Gasteiger partial charge is 0.419 e. The van der Waals surface area contributed by atoms with Gasteiger partial charge >= 0.3 is 6.18 Å². The lowest BCUT2D eigenvalue weighted by atomic mass is 9.67. The van der Waals surface area contributed by atoms with E-state index < -0.39 is 57.8 Å². The number of hydrogen-bond donors (Lipinski definition) is 0. The molecule has 3 aliphatic rings. The zero-order valence-electron chi connectivity index (χ0n) is 19.1. The average molecular weight is 495 g/mol. The molecule has 3 fully saturated rings. The van der Waals surface area contributed by atoms with E-state index in [-0.39, 0.29) is 13.0 Å².